The Hall–Kier alpha value is -1.65. The number of ether oxygens (including phenoxy) is 1. The molecule has 1 aliphatic rings. The Morgan fingerprint density at radius 2 is 1.82 bits per heavy atom. The van der Waals surface area contributed by atoms with Crippen molar-refractivity contribution in [2.45, 2.75) is 56.7 Å². The Morgan fingerprint density at radius 1 is 1.21 bits per heavy atom. The van der Waals surface area contributed by atoms with Gasteiger partial charge in [0.25, 0.3) is 5.91 Å². The van der Waals surface area contributed by atoms with E-state index in [0.29, 0.717) is 18.7 Å². The number of aryl methyl sites for hydroxylation is 1. The van der Waals surface area contributed by atoms with Crippen molar-refractivity contribution in [1.29, 1.82) is 0 Å². The molecule has 1 fully saturated rings. The van der Waals surface area contributed by atoms with Gasteiger partial charge in [-0.3, -0.25) is 4.79 Å². The van der Waals surface area contributed by atoms with Gasteiger partial charge in [0.15, 0.2) is 0 Å². The molecule has 1 aromatic carbocycles. The zero-order chi connectivity index (χ0) is 20.9. The van der Waals surface area contributed by atoms with E-state index in [2.05, 4.69) is 10.1 Å². The van der Waals surface area contributed by atoms with Crippen LogP contribution in [0.3, 0.4) is 0 Å². The number of carbonyl (C=O) groups is 1. The molecule has 1 unspecified atom stereocenters. The highest BCUT2D eigenvalue weighted by molar-refractivity contribution is 7.89. The lowest BCUT2D eigenvalue weighted by atomic mass is 10.2. The van der Waals surface area contributed by atoms with Crippen LogP contribution >= 0.6 is 0 Å². The molecule has 1 heterocycles. The molecule has 1 aromatic rings. The van der Waals surface area contributed by atoms with E-state index < -0.39 is 34.8 Å². The van der Waals surface area contributed by atoms with Gasteiger partial charge in [-0.15, -0.1) is 0 Å². The van der Waals surface area contributed by atoms with E-state index in [0.717, 1.165) is 25.7 Å². The fourth-order valence-electron chi connectivity index (χ4n) is 2.92. The van der Waals surface area contributed by atoms with Crippen molar-refractivity contribution in [3.05, 3.63) is 23.8 Å². The number of alkyl halides is 3. The monoisotopic (exact) mass is 422 g/mol. The second-order valence-electron chi connectivity index (χ2n) is 6.86. The average molecular weight is 422 g/mol. The van der Waals surface area contributed by atoms with E-state index >= 15 is 0 Å². The van der Waals surface area contributed by atoms with Gasteiger partial charge < -0.3 is 10.1 Å². The number of hydrogen-bond acceptors (Lipinski definition) is 4. The Balaban J connectivity index is 2.15. The molecule has 1 aliphatic heterocycles. The second-order valence-corrected chi connectivity index (χ2v) is 8.76. The third-order valence-electron chi connectivity index (χ3n) is 4.50. The van der Waals surface area contributed by atoms with Gasteiger partial charge in [0.1, 0.15) is 12.7 Å². The summed E-state index contributed by atoms with van der Waals surface area (Å²) < 4.78 is 68.6. The van der Waals surface area contributed by atoms with Gasteiger partial charge in [-0.1, -0.05) is 18.9 Å². The first-order valence-electron chi connectivity index (χ1n) is 9.11. The number of halogens is 3. The predicted octanol–water partition coefficient (Wildman–Crippen LogP) is 3.47. The molecule has 28 heavy (non-hydrogen) atoms. The third-order valence-corrected chi connectivity index (χ3v) is 6.55. The molecule has 1 atom stereocenters. The summed E-state index contributed by atoms with van der Waals surface area (Å²) in [5.41, 5.74) is 0.718. The van der Waals surface area contributed by atoms with Crippen LogP contribution in [-0.4, -0.2) is 50.6 Å². The fourth-order valence-corrected chi connectivity index (χ4v) is 4.68. The van der Waals surface area contributed by atoms with Gasteiger partial charge in [-0.25, -0.2) is 8.42 Å². The van der Waals surface area contributed by atoms with Gasteiger partial charge in [-0.05, 0) is 44.4 Å². The van der Waals surface area contributed by atoms with Gasteiger partial charge in [-0.2, -0.15) is 17.5 Å². The normalized spacial score (nSPS) is 17.8. The predicted molar refractivity (Wildman–Crippen MR) is 98.5 cm³/mol. The Bertz CT molecular complexity index is 789. The molecule has 2 rings (SSSR count). The maximum atomic E-state index is 13.0. The molecule has 0 aromatic heterocycles. The van der Waals surface area contributed by atoms with Crippen molar-refractivity contribution in [3.8, 4) is 0 Å². The van der Waals surface area contributed by atoms with Crippen molar-refractivity contribution < 1.29 is 31.1 Å². The number of carbonyl (C=O) groups excluding carboxylic acids is 1. The summed E-state index contributed by atoms with van der Waals surface area (Å²) in [6, 6.07) is 4.40. The number of rotatable bonds is 6. The summed E-state index contributed by atoms with van der Waals surface area (Å²) in [6.07, 6.45) is -2.32. The zero-order valence-corrected chi connectivity index (χ0v) is 16.7. The summed E-state index contributed by atoms with van der Waals surface area (Å²) in [7, 11) is -3.72. The van der Waals surface area contributed by atoms with Crippen LogP contribution in [0.5, 0.6) is 0 Å². The number of hydrogen-bond donors (Lipinski definition) is 1. The third kappa shape index (κ3) is 6.18. The molecule has 0 aliphatic carbocycles. The van der Waals surface area contributed by atoms with Gasteiger partial charge in [0.2, 0.25) is 10.0 Å². The van der Waals surface area contributed by atoms with Crippen LogP contribution in [0, 0.1) is 6.92 Å². The molecule has 10 heteroatoms. The molecule has 1 saturated heterocycles. The quantitative estimate of drug-likeness (QED) is 0.762. The fraction of sp³-hybridized carbons (Fsp3) is 0.611. The first-order chi connectivity index (χ1) is 13.0. The zero-order valence-electron chi connectivity index (χ0n) is 15.9. The maximum Gasteiger partial charge on any atom is 0.411 e. The molecule has 0 saturated carbocycles. The summed E-state index contributed by atoms with van der Waals surface area (Å²) in [5.74, 6) is -0.786. The molecule has 1 N–H and O–H groups in total. The highest BCUT2D eigenvalue weighted by Crippen LogP contribution is 2.26. The molecule has 0 spiro atoms. The first-order valence-corrected chi connectivity index (χ1v) is 10.5. The van der Waals surface area contributed by atoms with Crippen molar-refractivity contribution in [3.63, 3.8) is 0 Å². The van der Waals surface area contributed by atoms with Crippen LogP contribution < -0.4 is 5.32 Å². The minimum absolute atomic E-state index is 0.0797. The average Bonchev–Trinajstić information content (AvgIpc) is 2.90. The number of anilines is 1. The van der Waals surface area contributed by atoms with Crippen molar-refractivity contribution in [2.24, 2.45) is 0 Å². The van der Waals surface area contributed by atoms with E-state index in [1.54, 1.807) is 13.0 Å². The summed E-state index contributed by atoms with van der Waals surface area (Å²) >= 11 is 0. The number of sulfonamides is 1. The second kappa shape index (κ2) is 9.23. The molecule has 0 bridgehead atoms. The minimum Gasteiger partial charge on any atom is -0.359 e. The standard InChI is InChI=1S/C18H25F3N2O4S/c1-13-7-8-15(22-17(24)14(2)27-12-18(19,20)21)11-16(13)28(25,26)23-9-5-3-4-6-10-23/h7-8,11,14H,3-6,9-10,12H2,1-2H3,(H,22,24). The highest BCUT2D eigenvalue weighted by Gasteiger charge is 2.30. The van der Waals surface area contributed by atoms with Crippen LogP contribution in [0.2, 0.25) is 0 Å². The molecular weight excluding hydrogens is 397 g/mol. The summed E-state index contributed by atoms with van der Waals surface area (Å²) in [6.45, 7) is 2.21. The highest BCUT2D eigenvalue weighted by atomic mass is 32.2. The molecule has 6 nitrogen and oxygen atoms in total. The number of amides is 1. The minimum atomic E-state index is -4.53. The van der Waals surface area contributed by atoms with Crippen molar-refractivity contribution >= 4 is 21.6 Å². The SMILES string of the molecule is Cc1ccc(NC(=O)C(C)OCC(F)(F)F)cc1S(=O)(=O)N1CCCCCC1. The summed E-state index contributed by atoms with van der Waals surface area (Å²) in [5, 5.41) is 2.42. The first kappa shape index (κ1) is 22.6. The number of nitrogens with one attached hydrogen (secondary N) is 1. The van der Waals surface area contributed by atoms with Crippen LogP contribution in [0.4, 0.5) is 18.9 Å². The summed E-state index contributed by atoms with van der Waals surface area (Å²) in [4.78, 5) is 12.1. The van der Waals surface area contributed by atoms with E-state index in [9.17, 15) is 26.4 Å². The van der Waals surface area contributed by atoms with Crippen molar-refractivity contribution in [1.82, 2.24) is 4.31 Å². The Labute approximate surface area is 163 Å². The van der Waals surface area contributed by atoms with E-state index in [1.165, 1.54) is 23.4 Å². The van der Waals surface area contributed by atoms with E-state index in [4.69, 9.17) is 0 Å². The van der Waals surface area contributed by atoms with Gasteiger partial charge in [0.05, 0.1) is 4.90 Å². The van der Waals surface area contributed by atoms with Crippen molar-refractivity contribution in [2.75, 3.05) is 25.0 Å². The molecule has 0 radical (unpaired) electrons. The molecule has 1 amide bonds. The lowest BCUT2D eigenvalue weighted by Crippen LogP contribution is -2.33. The smallest absolute Gasteiger partial charge is 0.359 e. The Kier molecular flexibility index (Phi) is 7.46. The van der Waals surface area contributed by atoms with E-state index in [-0.39, 0.29) is 10.6 Å². The van der Waals surface area contributed by atoms with E-state index in [1.807, 2.05) is 0 Å². The van der Waals surface area contributed by atoms with Crippen LogP contribution in [0.15, 0.2) is 23.1 Å². The Morgan fingerprint density at radius 3 is 2.39 bits per heavy atom. The topological polar surface area (TPSA) is 75.7 Å². The van der Waals surface area contributed by atoms with Crippen LogP contribution in [0.25, 0.3) is 0 Å². The van der Waals surface area contributed by atoms with Crippen LogP contribution in [0.1, 0.15) is 38.2 Å². The largest absolute Gasteiger partial charge is 0.411 e. The maximum absolute atomic E-state index is 13.0. The molecule has 158 valence electrons. The van der Waals surface area contributed by atoms with Gasteiger partial charge >= 0.3 is 6.18 Å². The number of nitrogens with zero attached hydrogens (tertiary/aromatic N) is 1. The van der Waals surface area contributed by atoms with Crippen LogP contribution in [-0.2, 0) is 19.6 Å². The lowest BCUT2D eigenvalue weighted by molar-refractivity contribution is -0.184. The molecular formula is C18H25F3N2O4S. The lowest BCUT2D eigenvalue weighted by Gasteiger charge is -2.22. The van der Waals surface area contributed by atoms with Gasteiger partial charge in [0, 0.05) is 18.8 Å². The number of benzene rings is 1.